The summed E-state index contributed by atoms with van der Waals surface area (Å²) >= 11 is 0. The van der Waals surface area contributed by atoms with Crippen LogP contribution in [0.15, 0.2) is 23.0 Å². The summed E-state index contributed by atoms with van der Waals surface area (Å²) in [6, 6.07) is 4.95. The highest BCUT2D eigenvalue weighted by Crippen LogP contribution is 2.18. The van der Waals surface area contributed by atoms with E-state index >= 15 is 0 Å². The van der Waals surface area contributed by atoms with Crippen molar-refractivity contribution in [1.29, 1.82) is 0 Å². The molecule has 2 aromatic rings. The minimum Gasteiger partial charge on any atom is -0.378 e. The van der Waals surface area contributed by atoms with Gasteiger partial charge in [-0.15, -0.1) is 0 Å². The van der Waals surface area contributed by atoms with E-state index in [1.54, 1.807) is 32.0 Å². The molecule has 11 nitrogen and oxygen atoms in total. The SMILES string of the molecule is Cc1cc(C(=O)NCCNCCNC(=O)c2ccc(C(=O)NCCOCCN)c(C)c2C)c(C)c(=O)[nH]1. The molecule has 1 aromatic heterocycles. The Hall–Kier alpha value is -3.54. The quantitative estimate of drug-likeness (QED) is 0.194. The molecule has 3 amide bonds. The lowest BCUT2D eigenvalue weighted by Gasteiger charge is -2.14. The minimum atomic E-state index is -0.301. The summed E-state index contributed by atoms with van der Waals surface area (Å²) in [4.78, 5) is 51.9. The zero-order chi connectivity index (χ0) is 27.4. The molecular formula is C26H38N6O5. The van der Waals surface area contributed by atoms with E-state index in [-0.39, 0.29) is 23.3 Å². The number of carbonyl (C=O) groups is 3. The second-order valence-corrected chi connectivity index (χ2v) is 8.65. The van der Waals surface area contributed by atoms with Gasteiger partial charge in [0.25, 0.3) is 23.3 Å². The third-order valence-corrected chi connectivity index (χ3v) is 5.91. The predicted molar refractivity (Wildman–Crippen MR) is 142 cm³/mol. The molecule has 11 heteroatoms. The van der Waals surface area contributed by atoms with Gasteiger partial charge >= 0.3 is 0 Å². The van der Waals surface area contributed by atoms with Gasteiger partial charge < -0.3 is 36.7 Å². The van der Waals surface area contributed by atoms with Crippen molar-refractivity contribution < 1.29 is 19.1 Å². The Bertz CT molecular complexity index is 1160. The van der Waals surface area contributed by atoms with Crippen LogP contribution in [0.25, 0.3) is 0 Å². The standard InChI is InChI=1S/C26H38N6O5/c1-16-15-22(19(4)23(33)32-16)26(36)30-11-9-28-8-10-29-24(34)20-5-6-21(18(3)17(20)2)25(35)31-12-14-37-13-7-27/h5-6,15,28H,7-14,27H2,1-4H3,(H,29,34)(H,30,36)(H,31,35)(H,32,33). The summed E-state index contributed by atoms with van der Waals surface area (Å²) in [6.07, 6.45) is 0. The summed E-state index contributed by atoms with van der Waals surface area (Å²) in [7, 11) is 0. The second kappa shape index (κ2) is 14.9. The molecule has 37 heavy (non-hydrogen) atoms. The van der Waals surface area contributed by atoms with Crippen molar-refractivity contribution in [3.05, 3.63) is 67.6 Å². The number of H-pyrrole nitrogens is 1. The first-order chi connectivity index (χ1) is 17.7. The topological polar surface area (TPSA) is 167 Å². The van der Waals surface area contributed by atoms with Crippen LogP contribution < -0.4 is 32.6 Å². The van der Waals surface area contributed by atoms with E-state index in [0.717, 1.165) is 11.1 Å². The number of nitrogens with two attached hydrogens (primary N) is 1. The van der Waals surface area contributed by atoms with Crippen LogP contribution in [0.1, 0.15) is 53.5 Å². The summed E-state index contributed by atoms with van der Waals surface area (Å²) in [6.45, 7) is 10.4. The molecule has 0 unspecified atom stereocenters. The van der Waals surface area contributed by atoms with Crippen LogP contribution in [-0.2, 0) is 4.74 Å². The Kier molecular flexibility index (Phi) is 11.9. The average Bonchev–Trinajstić information content (AvgIpc) is 2.86. The van der Waals surface area contributed by atoms with E-state index in [9.17, 15) is 19.2 Å². The number of amides is 3. The summed E-state index contributed by atoms with van der Waals surface area (Å²) in [5, 5.41) is 11.6. The molecule has 7 N–H and O–H groups in total. The third-order valence-electron chi connectivity index (χ3n) is 5.91. The lowest BCUT2D eigenvalue weighted by molar-refractivity contribution is 0.0915. The molecule has 2 rings (SSSR count). The maximum atomic E-state index is 12.6. The van der Waals surface area contributed by atoms with Gasteiger partial charge in [-0.1, -0.05) is 0 Å². The van der Waals surface area contributed by atoms with Crippen molar-refractivity contribution in [3.63, 3.8) is 0 Å². The third kappa shape index (κ3) is 8.81. The van der Waals surface area contributed by atoms with Crippen LogP contribution in [0.3, 0.4) is 0 Å². The maximum absolute atomic E-state index is 12.6. The molecule has 0 atom stereocenters. The molecule has 1 heterocycles. The average molecular weight is 515 g/mol. The number of rotatable bonds is 14. The highest BCUT2D eigenvalue weighted by molar-refractivity contribution is 6.00. The number of hydrogen-bond donors (Lipinski definition) is 6. The predicted octanol–water partition coefficient (Wildman–Crippen LogP) is 0.0631. The highest BCUT2D eigenvalue weighted by Gasteiger charge is 2.16. The number of nitrogens with one attached hydrogen (secondary N) is 5. The Morgan fingerprint density at radius 2 is 1.27 bits per heavy atom. The Balaban J connectivity index is 1.74. The van der Waals surface area contributed by atoms with Crippen molar-refractivity contribution >= 4 is 17.7 Å². The van der Waals surface area contributed by atoms with Gasteiger partial charge in [-0.25, -0.2) is 0 Å². The van der Waals surface area contributed by atoms with E-state index in [1.807, 2.05) is 13.8 Å². The van der Waals surface area contributed by atoms with E-state index in [2.05, 4.69) is 26.3 Å². The fourth-order valence-corrected chi connectivity index (χ4v) is 3.67. The Labute approximate surface area is 216 Å². The van der Waals surface area contributed by atoms with Gasteiger partial charge in [0.05, 0.1) is 13.2 Å². The van der Waals surface area contributed by atoms with Gasteiger partial charge in [-0.05, 0) is 57.0 Å². The van der Waals surface area contributed by atoms with E-state index in [0.29, 0.717) is 80.4 Å². The normalized spacial score (nSPS) is 10.7. The number of hydrogen-bond acceptors (Lipinski definition) is 7. The van der Waals surface area contributed by atoms with Crippen molar-refractivity contribution in [2.45, 2.75) is 27.7 Å². The van der Waals surface area contributed by atoms with Crippen molar-refractivity contribution in [2.24, 2.45) is 5.73 Å². The molecule has 0 aliphatic heterocycles. The molecule has 0 saturated carbocycles. The first-order valence-corrected chi connectivity index (χ1v) is 12.3. The number of aromatic nitrogens is 1. The van der Waals surface area contributed by atoms with Crippen LogP contribution in [-0.4, -0.2) is 75.2 Å². The summed E-state index contributed by atoms with van der Waals surface area (Å²) in [5.41, 5.74) is 8.97. The van der Waals surface area contributed by atoms with Crippen molar-refractivity contribution in [1.82, 2.24) is 26.3 Å². The van der Waals surface area contributed by atoms with Gasteiger partial charge in [0, 0.05) is 67.2 Å². The van der Waals surface area contributed by atoms with Crippen molar-refractivity contribution in [2.75, 3.05) is 52.5 Å². The minimum absolute atomic E-state index is 0.218. The van der Waals surface area contributed by atoms with Crippen LogP contribution in [0.4, 0.5) is 0 Å². The molecule has 0 aliphatic rings. The number of carbonyl (C=O) groups excluding carboxylic acids is 3. The lowest BCUT2D eigenvalue weighted by atomic mass is 9.97. The summed E-state index contributed by atoms with van der Waals surface area (Å²) in [5.74, 6) is -0.743. The van der Waals surface area contributed by atoms with Gasteiger partial charge in [-0.2, -0.15) is 0 Å². The fourth-order valence-electron chi connectivity index (χ4n) is 3.67. The number of aromatic amines is 1. The van der Waals surface area contributed by atoms with Gasteiger partial charge in [0.1, 0.15) is 0 Å². The first-order valence-electron chi connectivity index (χ1n) is 12.3. The molecule has 0 spiro atoms. The number of ether oxygens (including phenoxy) is 1. The van der Waals surface area contributed by atoms with Crippen LogP contribution in [0.2, 0.25) is 0 Å². The van der Waals surface area contributed by atoms with E-state index in [4.69, 9.17) is 10.5 Å². The fraction of sp³-hybridized carbons (Fsp3) is 0.462. The molecule has 0 aliphatic carbocycles. The largest absolute Gasteiger partial charge is 0.378 e. The van der Waals surface area contributed by atoms with Gasteiger partial charge in [0.2, 0.25) is 0 Å². The molecular weight excluding hydrogens is 476 g/mol. The smallest absolute Gasteiger partial charge is 0.251 e. The number of benzene rings is 1. The van der Waals surface area contributed by atoms with E-state index < -0.39 is 0 Å². The monoisotopic (exact) mass is 514 g/mol. The van der Waals surface area contributed by atoms with Crippen molar-refractivity contribution in [3.8, 4) is 0 Å². The Morgan fingerprint density at radius 3 is 1.81 bits per heavy atom. The van der Waals surface area contributed by atoms with E-state index in [1.165, 1.54) is 0 Å². The molecule has 0 fully saturated rings. The van der Waals surface area contributed by atoms with Gasteiger partial charge in [0.15, 0.2) is 0 Å². The lowest BCUT2D eigenvalue weighted by Crippen LogP contribution is -2.37. The highest BCUT2D eigenvalue weighted by atomic mass is 16.5. The van der Waals surface area contributed by atoms with Gasteiger partial charge in [-0.3, -0.25) is 19.2 Å². The zero-order valence-corrected chi connectivity index (χ0v) is 22.0. The molecule has 0 bridgehead atoms. The maximum Gasteiger partial charge on any atom is 0.251 e. The molecule has 0 saturated heterocycles. The van der Waals surface area contributed by atoms with Crippen LogP contribution >= 0.6 is 0 Å². The van der Waals surface area contributed by atoms with Crippen LogP contribution in [0, 0.1) is 27.7 Å². The molecule has 1 aromatic carbocycles. The molecule has 0 radical (unpaired) electrons. The first kappa shape index (κ1) is 29.7. The number of pyridine rings is 1. The summed E-state index contributed by atoms with van der Waals surface area (Å²) < 4.78 is 5.26. The second-order valence-electron chi connectivity index (χ2n) is 8.65. The molecule has 202 valence electrons. The Morgan fingerprint density at radius 1 is 0.757 bits per heavy atom. The number of aryl methyl sites for hydroxylation is 1. The van der Waals surface area contributed by atoms with Crippen LogP contribution in [0.5, 0.6) is 0 Å². The zero-order valence-electron chi connectivity index (χ0n) is 22.0.